The molecule has 0 aromatic carbocycles. The first-order chi connectivity index (χ1) is 9.86. The van der Waals surface area contributed by atoms with Gasteiger partial charge in [-0.15, -0.1) is 0 Å². The minimum Gasteiger partial charge on any atom is -0.293 e. The number of alkyl halides is 3. The summed E-state index contributed by atoms with van der Waals surface area (Å²) in [7, 11) is 0. The third-order valence-electron chi connectivity index (χ3n) is 2.98. The minimum absolute atomic E-state index is 0.147. The van der Waals surface area contributed by atoms with E-state index in [1.807, 2.05) is 0 Å². The number of aromatic nitrogens is 4. The molecule has 0 radical (unpaired) electrons. The number of hydrogen-bond donors (Lipinski definition) is 0. The maximum Gasteiger partial charge on any atom is 0.420 e. The van der Waals surface area contributed by atoms with Crippen LogP contribution in [0.4, 0.5) is 13.2 Å². The van der Waals surface area contributed by atoms with Gasteiger partial charge in [0.1, 0.15) is 16.1 Å². The lowest BCUT2D eigenvalue weighted by molar-refractivity contribution is -0.136. The van der Waals surface area contributed by atoms with Gasteiger partial charge in [0.05, 0.1) is 11.8 Å². The molecule has 0 saturated heterocycles. The molecule has 0 amide bonds. The van der Waals surface area contributed by atoms with Crippen LogP contribution in [0.2, 0.25) is 0 Å². The van der Waals surface area contributed by atoms with Crippen molar-refractivity contribution in [3.05, 3.63) is 46.8 Å². The second-order valence-electron chi connectivity index (χ2n) is 4.43. The third-order valence-corrected chi connectivity index (χ3v) is 3.57. The molecule has 3 aromatic rings. The summed E-state index contributed by atoms with van der Waals surface area (Å²) in [5.74, 6) is 0.555. The van der Waals surface area contributed by atoms with E-state index in [4.69, 9.17) is 0 Å². The van der Waals surface area contributed by atoms with Crippen LogP contribution in [0.5, 0.6) is 0 Å². The lowest BCUT2D eigenvalue weighted by atomic mass is 10.1. The number of halogens is 4. The van der Waals surface area contributed by atoms with Crippen LogP contribution in [0.1, 0.15) is 11.4 Å². The van der Waals surface area contributed by atoms with Crippen molar-refractivity contribution in [1.29, 1.82) is 0 Å². The van der Waals surface area contributed by atoms with E-state index < -0.39 is 11.7 Å². The quantitative estimate of drug-likeness (QED) is 0.664. The van der Waals surface area contributed by atoms with E-state index >= 15 is 0 Å². The van der Waals surface area contributed by atoms with Crippen LogP contribution in [-0.4, -0.2) is 19.4 Å². The molecule has 0 aliphatic heterocycles. The molecule has 108 valence electrons. The molecule has 3 rings (SSSR count). The monoisotopic (exact) mass is 356 g/mol. The molecular weight excluding hydrogens is 349 g/mol. The number of fused-ring (bicyclic) bond motifs is 1. The van der Waals surface area contributed by atoms with Gasteiger partial charge in [0, 0.05) is 29.7 Å². The lowest BCUT2D eigenvalue weighted by Gasteiger charge is -2.11. The number of imidazole rings is 1. The molecule has 0 atom stereocenters. The molecule has 8 heteroatoms. The zero-order valence-electron chi connectivity index (χ0n) is 10.7. The highest BCUT2D eigenvalue weighted by atomic mass is 79.9. The molecule has 3 heterocycles. The Morgan fingerprint density at radius 3 is 2.33 bits per heavy atom. The number of hydrogen-bond acceptors (Lipinski definition) is 3. The normalized spacial score (nSPS) is 12.0. The zero-order valence-corrected chi connectivity index (χ0v) is 12.3. The Morgan fingerprint density at radius 1 is 1.05 bits per heavy atom. The third kappa shape index (κ3) is 2.51. The van der Waals surface area contributed by atoms with Gasteiger partial charge >= 0.3 is 6.18 Å². The predicted octanol–water partition coefficient (Wildman–Crippen LogP) is 3.88. The molecule has 4 nitrogen and oxygen atoms in total. The molecular formula is C13H8BrF3N4. The van der Waals surface area contributed by atoms with Gasteiger partial charge in [-0.05, 0) is 28.9 Å². The average Bonchev–Trinajstić information content (AvgIpc) is 2.79. The van der Waals surface area contributed by atoms with Crippen LogP contribution in [0.3, 0.4) is 0 Å². The van der Waals surface area contributed by atoms with Gasteiger partial charge in [-0.1, -0.05) is 0 Å². The lowest BCUT2D eigenvalue weighted by Crippen LogP contribution is -2.08. The van der Waals surface area contributed by atoms with Crippen molar-refractivity contribution >= 4 is 21.6 Å². The predicted molar refractivity (Wildman–Crippen MR) is 73.7 cm³/mol. The van der Waals surface area contributed by atoms with Crippen LogP contribution in [0.25, 0.3) is 16.8 Å². The first kappa shape index (κ1) is 14.0. The number of pyridine rings is 1. The summed E-state index contributed by atoms with van der Waals surface area (Å²) in [4.78, 5) is 11.8. The Kier molecular flexibility index (Phi) is 3.20. The van der Waals surface area contributed by atoms with Crippen LogP contribution in [-0.2, 0) is 6.18 Å². The molecule has 3 aromatic heterocycles. The van der Waals surface area contributed by atoms with Crippen LogP contribution in [0.15, 0.2) is 35.5 Å². The summed E-state index contributed by atoms with van der Waals surface area (Å²) >= 11 is 3.19. The fourth-order valence-electron chi connectivity index (χ4n) is 1.97. The summed E-state index contributed by atoms with van der Waals surface area (Å²) in [5, 5.41) is 0. The van der Waals surface area contributed by atoms with Crippen molar-refractivity contribution in [2.24, 2.45) is 0 Å². The highest BCUT2D eigenvalue weighted by Gasteiger charge is 2.34. The number of nitrogens with zero attached hydrogens (tertiary/aromatic N) is 4. The van der Waals surface area contributed by atoms with E-state index in [1.54, 1.807) is 13.1 Å². The van der Waals surface area contributed by atoms with Crippen molar-refractivity contribution < 1.29 is 13.2 Å². The van der Waals surface area contributed by atoms with Crippen molar-refractivity contribution in [2.45, 2.75) is 13.1 Å². The second-order valence-corrected chi connectivity index (χ2v) is 5.25. The van der Waals surface area contributed by atoms with Gasteiger partial charge in [-0.3, -0.25) is 4.40 Å². The van der Waals surface area contributed by atoms with E-state index in [0.717, 1.165) is 6.07 Å². The van der Waals surface area contributed by atoms with Crippen molar-refractivity contribution in [1.82, 2.24) is 19.4 Å². The Morgan fingerprint density at radius 2 is 1.71 bits per heavy atom. The van der Waals surface area contributed by atoms with E-state index in [1.165, 1.54) is 23.0 Å². The number of rotatable bonds is 1. The first-order valence-electron chi connectivity index (χ1n) is 5.89. The Bertz CT molecular complexity index is 809. The Labute approximate surface area is 125 Å². The highest BCUT2D eigenvalue weighted by molar-refractivity contribution is 9.10. The fourth-order valence-corrected chi connectivity index (χ4v) is 2.34. The largest absolute Gasteiger partial charge is 0.420 e. The molecule has 0 saturated carbocycles. The molecule has 0 unspecified atom stereocenters. The van der Waals surface area contributed by atoms with E-state index in [0.29, 0.717) is 21.6 Å². The molecule has 0 fully saturated rings. The Hall–Kier alpha value is -1.96. The maximum absolute atomic E-state index is 13.2. The summed E-state index contributed by atoms with van der Waals surface area (Å²) in [6.07, 6.45) is 1.40. The fraction of sp³-hybridized carbons (Fsp3) is 0.154. The van der Waals surface area contributed by atoms with E-state index in [2.05, 4.69) is 30.9 Å². The van der Waals surface area contributed by atoms with E-state index in [-0.39, 0.29) is 5.65 Å². The highest BCUT2D eigenvalue weighted by Crippen LogP contribution is 2.35. The topological polar surface area (TPSA) is 43.1 Å². The zero-order chi connectivity index (χ0) is 15.2. The van der Waals surface area contributed by atoms with Crippen LogP contribution >= 0.6 is 15.9 Å². The van der Waals surface area contributed by atoms with Crippen LogP contribution in [0, 0.1) is 6.92 Å². The maximum atomic E-state index is 13.2. The van der Waals surface area contributed by atoms with Gasteiger partial charge in [-0.2, -0.15) is 13.2 Å². The SMILES string of the molecule is Cc1ncc(-c2cc(C(F)(F)F)c3ncc(Br)n3c2)cn1. The molecule has 0 aliphatic carbocycles. The first-order valence-corrected chi connectivity index (χ1v) is 6.68. The molecule has 21 heavy (non-hydrogen) atoms. The molecule has 0 spiro atoms. The molecule has 0 N–H and O–H groups in total. The number of aryl methyl sites for hydroxylation is 1. The average molecular weight is 357 g/mol. The summed E-state index contributed by atoms with van der Waals surface area (Å²) in [5.41, 5.74) is -0.0699. The van der Waals surface area contributed by atoms with Gasteiger partial charge in [0.2, 0.25) is 0 Å². The standard InChI is InChI=1S/C13H8BrF3N4/c1-7-18-3-9(4-19-7)8-2-10(13(15,16)17)12-20-5-11(14)21(12)6-8/h2-6H,1H3. The second kappa shape index (κ2) is 4.80. The summed E-state index contributed by atoms with van der Waals surface area (Å²) in [6, 6.07) is 1.06. The summed E-state index contributed by atoms with van der Waals surface area (Å²) < 4.78 is 41.3. The molecule has 0 aliphatic rings. The van der Waals surface area contributed by atoms with Gasteiger partial charge < -0.3 is 0 Å². The van der Waals surface area contributed by atoms with Gasteiger partial charge in [0.15, 0.2) is 0 Å². The van der Waals surface area contributed by atoms with Crippen molar-refractivity contribution in [3.63, 3.8) is 0 Å². The van der Waals surface area contributed by atoms with E-state index in [9.17, 15) is 13.2 Å². The van der Waals surface area contributed by atoms with Crippen molar-refractivity contribution in [2.75, 3.05) is 0 Å². The minimum atomic E-state index is -4.49. The molecule has 0 bridgehead atoms. The van der Waals surface area contributed by atoms with Crippen LogP contribution < -0.4 is 0 Å². The van der Waals surface area contributed by atoms with Crippen molar-refractivity contribution in [3.8, 4) is 11.1 Å². The van der Waals surface area contributed by atoms with Gasteiger partial charge in [-0.25, -0.2) is 15.0 Å². The van der Waals surface area contributed by atoms with Gasteiger partial charge in [0.25, 0.3) is 0 Å². The smallest absolute Gasteiger partial charge is 0.293 e. The Balaban J connectivity index is 2.29. The summed E-state index contributed by atoms with van der Waals surface area (Å²) in [6.45, 7) is 1.71.